The van der Waals surface area contributed by atoms with Gasteiger partial charge in [0.05, 0.1) is 12.2 Å². The lowest BCUT2D eigenvalue weighted by atomic mass is 9.74. The first kappa shape index (κ1) is 16.8. The molecular weight excluding hydrogens is 300 g/mol. The van der Waals surface area contributed by atoms with Gasteiger partial charge in [-0.2, -0.15) is 11.8 Å². The molecule has 2 saturated heterocycles. The topological polar surface area (TPSA) is 9.23 Å². The summed E-state index contributed by atoms with van der Waals surface area (Å²) in [7, 11) is 0. The summed E-state index contributed by atoms with van der Waals surface area (Å²) in [5.74, 6) is 4.17. The van der Waals surface area contributed by atoms with Crippen LogP contribution in [0.4, 0.5) is 0 Å². The van der Waals surface area contributed by atoms with Gasteiger partial charge in [0.2, 0.25) is 0 Å². The maximum atomic E-state index is 6.85. The maximum Gasteiger partial charge on any atom is 0.0610 e. The van der Waals surface area contributed by atoms with E-state index in [-0.39, 0.29) is 0 Å². The van der Waals surface area contributed by atoms with Gasteiger partial charge in [0.15, 0.2) is 0 Å². The quantitative estimate of drug-likeness (QED) is 0.606. The third-order valence-electron chi connectivity index (χ3n) is 7.26. The normalized spacial score (nSPS) is 41.2. The van der Waals surface area contributed by atoms with Gasteiger partial charge in [-0.05, 0) is 74.9 Å². The molecule has 0 amide bonds. The Bertz CT molecular complexity index is 327. The summed E-state index contributed by atoms with van der Waals surface area (Å²) >= 11 is 2.29. The van der Waals surface area contributed by atoms with Gasteiger partial charge in [-0.3, -0.25) is 0 Å². The molecule has 23 heavy (non-hydrogen) atoms. The summed E-state index contributed by atoms with van der Waals surface area (Å²) in [4.78, 5) is 0. The highest BCUT2D eigenvalue weighted by atomic mass is 32.2. The van der Waals surface area contributed by atoms with E-state index in [1.54, 1.807) is 0 Å². The molecule has 0 aromatic heterocycles. The van der Waals surface area contributed by atoms with Gasteiger partial charge in [0.1, 0.15) is 0 Å². The molecule has 0 aromatic carbocycles. The Labute approximate surface area is 147 Å². The van der Waals surface area contributed by atoms with Gasteiger partial charge < -0.3 is 4.74 Å². The minimum atomic E-state index is 0.613. The predicted molar refractivity (Wildman–Crippen MR) is 100 cm³/mol. The first-order valence-electron chi connectivity index (χ1n) is 10.7. The van der Waals surface area contributed by atoms with Gasteiger partial charge in [0.25, 0.3) is 0 Å². The molecular formula is C21H36OS. The molecule has 2 aliphatic heterocycles. The third-order valence-corrected chi connectivity index (χ3v) is 8.83. The molecule has 4 fully saturated rings. The number of hydrogen-bond acceptors (Lipinski definition) is 2. The Hall–Kier alpha value is 0.310. The average Bonchev–Trinajstić information content (AvgIpc) is 3.18. The van der Waals surface area contributed by atoms with Gasteiger partial charge in [-0.25, -0.2) is 0 Å². The Morgan fingerprint density at radius 3 is 1.61 bits per heavy atom. The van der Waals surface area contributed by atoms with E-state index in [4.69, 9.17) is 4.74 Å². The van der Waals surface area contributed by atoms with Crippen LogP contribution in [0.1, 0.15) is 89.9 Å². The van der Waals surface area contributed by atoms with Gasteiger partial charge in [-0.1, -0.05) is 38.5 Å². The van der Waals surface area contributed by atoms with Crippen LogP contribution in [0.25, 0.3) is 0 Å². The molecule has 3 atom stereocenters. The number of ether oxygens (including phenoxy) is 1. The molecule has 0 spiro atoms. The second-order valence-electron chi connectivity index (χ2n) is 8.79. The standard InChI is InChI=1S/C21H36OS/c1-3-8-16(9-4-1)19-14-18(21-12-7-13-23-21)15-20(22-19)17-10-5-2-6-11-17/h16-21H,1-15H2. The van der Waals surface area contributed by atoms with Crippen molar-refractivity contribution in [2.45, 2.75) is 107 Å². The molecule has 3 unspecified atom stereocenters. The summed E-state index contributed by atoms with van der Waals surface area (Å²) in [5.41, 5.74) is 0. The zero-order valence-electron chi connectivity index (χ0n) is 14.9. The zero-order chi connectivity index (χ0) is 15.5. The van der Waals surface area contributed by atoms with Gasteiger partial charge in [-0.15, -0.1) is 0 Å². The van der Waals surface area contributed by atoms with Crippen LogP contribution in [0.2, 0.25) is 0 Å². The summed E-state index contributed by atoms with van der Waals surface area (Å²) in [6.07, 6.45) is 21.6. The monoisotopic (exact) mass is 336 g/mol. The van der Waals surface area contributed by atoms with Crippen molar-refractivity contribution in [1.29, 1.82) is 0 Å². The fourth-order valence-electron chi connectivity index (χ4n) is 5.93. The lowest BCUT2D eigenvalue weighted by molar-refractivity contribution is -0.128. The first-order chi connectivity index (χ1) is 11.4. The minimum absolute atomic E-state index is 0.613. The van der Waals surface area contributed by atoms with Crippen LogP contribution in [-0.4, -0.2) is 23.2 Å². The van der Waals surface area contributed by atoms with Gasteiger partial charge in [0, 0.05) is 5.25 Å². The van der Waals surface area contributed by atoms with Crippen molar-refractivity contribution in [2.75, 3.05) is 5.75 Å². The third kappa shape index (κ3) is 4.11. The molecule has 0 N–H and O–H groups in total. The van der Waals surface area contributed by atoms with Crippen molar-refractivity contribution in [3.8, 4) is 0 Å². The summed E-state index contributed by atoms with van der Waals surface area (Å²) in [5, 5.41) is 0.969. The molecule has 2 heterocycles. The fourth-order valence-corrected chi connectivity index (χ4v) is 7.39. The smallest absolute Gasteiger partial charge is 0.0610 e. The van der Waals surface area contributed by atoms with Crippen molar-refractivity contribution < 1.29 is 4.74 Å². The van der Waals surface area contributed by atoms with Crippen molar-refractivity contribution >= 4 is 11.8 Å². The molecule has 0 bridgehead atoms. The Kier molecular flexibility index (Phi) is 5.92. The lowest BCUT2D eigenvalue weighted by Crippen LogP contribution is -2.44. The van der Waals surface area contributed by atoms with E-state index in [2.05, 4.69) is 11.8 Å². The predicted octanol–water partition coefficient (Wildman–Crippen LogP) is 6.21. The van der Waals surface area contributed by atoms with Gasteiger partial charge >= 0.3 is 0 Å². The first-order valence-corrected chi connectivity index (χ1v) is 11.7. The zero-order valence-corrected chi connectivity index (χ0v) is 15.7. The van der Waals surface area contributed by atoms with Crippen LogP contribution >= 0.6 is 11.8 Å². The molecule has 2 saturated carbocycles. The van der Waals surface area contributed by atoms with Crippen LogP contribution < -0.4 is 0 Å². The second kappa shape index (κ2) is 8.13. The highest BCUT2D eigenvalue weighted by Crippen LogP contribution is 2.45. The molecule has 0 radical (unpaired) electrons. The Morgan fingerprint density at radius 1 is 0.565 bits per heavy atom. The summed E-state index contributed by atoms with van der Waals surface area (Å²) in [6.45, 7) is 0. The molecule has 0 aromatic rings. The van der Waals surface area contributed by atoms with Crippen LogP contribution in [0.3, 0.4) is 0 Å². The minimum Gasteiger partial charge on any atom is -0.374 e. The molecule has 2 aliphatic carbocycles. The maximum absolute atomic E-state index is 6.85. The highest BCUT2D eigenvalue weighted by molar-refractivity contribution is 8.00. The molecule has 1 nitrogen and oxygen atoms in total. The summed E-state index contributed by atoms with van der Waals surface area (Å²) in [6, 6.07) is 0. The van der Waals surface area contributed by atoms with Crippen LogP contribution in [0, 0.1) is 17.8 Å². The van der Waals surface area contributed by atoms with Crippen LogP contribution in [-0.2, 0) is 4.74 Å². The van der Waals surface area contributed by atoms with E-state index in [9.17, 15) is 0 Å². The highest BCUT2D eigenvalue weighted by Gasteiger charge is 2.41. The Morgan fingerprint density at radius 2 is 1.13 bits per heavy atom. The van der Waals surface area contributed by atoms with E-state index in [0.29, 0.717) is 12.2 Å². The van der Waals surface area contributed by atoms with Crippen molar-refractivity contribution in [3.05, 3.63) is 0 Å². The number of hydrogen-bond donors (Lipinski definition) is 0. The van der Waals surface area contributed by atoms with Crippen molar-refractivity contribution in [1.82, 2.24) is 0 Å². The summed E-state index contributed by atoms with van der Waals surface area (Å²) < 4.78 is 6.85. The molecule has 132 valence electrons. The van der Waals surface area contributed by atoms with E-state index < -0.39 is 0 Å². The molecule has 2 heteroatoms. The molecule has 4 aliphatic rings. The van der Waals surface area contributed by atoms with Crippen molar-refractivity contribution in [3.63, 3.8) is 0 Å². The van der Waals surface area contributed by atoms with E-state index >= 15 is 0 Å². The fraction of sp³-hybridized carbons (Fsp3) is 1.00. The van der Waals surface area contributed by atoms with E-state index in [1.165, 1.54) is 95.6 Å². The van der Waals surface area contributed by atoms with E-state index in [1.807, 2.05) is 0 Å². The Balaban J connectivity index is 1.44. The van der Waals surface area contributed by atoms with Crippen molar-refractivity contribution in [2.24, 2.45) is 17.8 Å². The van der Waals surface area contributed by atoms with E-state index in [0.717, 1.165) is 23.0 Å². The second-order valence-corrected chi connectivity index (χ2v) is 10.1. The average molecular weight is 337 g/mol. The largest absolute Gasteiger partial charge is 0.374 e. The lowest BCUT2D eigenvalue weighted by Gasteiger charge is -2.45. The number of thioether (sulfide) groups is 1. The van der Waals surface area contributed by atoms with Crippen LogP contribution in [0.5, 0.6) is 0 Å². The SMILES string of the molecule is C1CCC(C2CC(C3CCCS3)CC(C3CCCCC3)O2)CC1. The molecule has 4 rings (SSSR count). The number of rotatable bonds is 3. The van der Waals surface area contributed by atoms with Crippen LogP contribution in [0.15, 0.2) is 0 Å².